The molecule has 4 heteroatoms. The molecule has 33 heavy (non-hydrogen) atoms. The Kier molecular flexibility index (Phi) is 5.37. The molecule has 1 saturated heterocycles. The smallest absolute Gasteiger partial charge is 0.265 e. The first-order valence-electron chi connectivity index (χ1n) is 10.9. The second kappa shape index (κ2) is 8.49. The molecule has 0 aliphatic carbocycles. The van der Waals surface area contributed by atoms with Crippen molar-refractivity contribution >= 4 is 17.4 Å². The Bertz CT molecular complexity index is 1260. The molecular formula is C29H23NO3. The van der Waals surface area contributed by atoms with Crippen molar-refractivity contribution in [1.82, 2.24) is 0 Å². The molecule has 1 heterocycles. The molecule has 0 saturated carbocycles. The molecule has 0 unspecified atom stereocenters. The number of para-hydroxylation sites is 1. The van der Waals surface area contributed by atoms with Crippen LogP contribution < -0.4 is 4.90 Å². The maximum Gasteiger partial charge on any atom is 0.265 e. The van der Waals surface area contributed by atoms with Crippen LogP contribution in [0.4, 0.5) is 5.69 Å². The summed E-state index contributed by atoms with van der Waals surface area (Å²) in [6.45, 7) is 0. The Balaban J connectivity index is 1.78. The van der Waals surface area contributed by atoms with Crippen molar-refractivity contribution in [3.8, 4) is 0 Å². The van der Waals surface area contributed by atoms with Crippen LogP contribution in [0.25, 0.3) is 0 Å². The molecule has 3 atom stereocenters. The molecule has 4 nitrogen and oxygen atoms in total. The maximum absolute atomic E-state index is 14.1. The van der Waals surface area contributed by atoms with Crippen LogP contribution in [-0.2, 0) is 10.4 Å². The maximum atomic E-state index is 14.1. The van der Waals surface area contributed by atoms with Gasteiger partial charge >= 0.3 is 0 Å². The van der Waals surface area contributed by atoms with Crippen molar-refractivity contribution in [2.75, 3.05) is 4.90 Å². The fourth-order valence-corrected chi connectivity index (χ4v) is 4.79. The van der Waals surface area contributed by atoms with E-state index in [1.54, 1.807) is 53.4 Å². The lowest BCUT2D eigenvalue weighted by Gasteiger charge is -2.30. The summed E-state index contributed by atoms with van der Waals surface area (Å²) in [5.74, 6) is -1.83. The molecule has 5 rings (SSSR count). The predicted octanol–water partition coefficient (Wildman–Crippen LogP) is 5.16. The van der Waals surface area contributed by atoms with Crippen molar-refractivity contribution in [1.29, 1.82) is 0 Å². The van der Waals surface area contributed by atoms with Crippen molar-refractivity contribution in [3.63, 3.8) is 0 Å². The topological polar surface area (TPSA) is 57.6 Å². The fraction of sp³-hybridized carbons (Fsp3) is 0.103. The third kappa shape index (κ3) is 3.45. The quantitative estimate of drug-likeness (QED) is 0.442. The SMILES string of the molecule is O=C(c1ccccc1)[C@H]1[C@@H](c2ccccc2)N(c2ccccc2)C(=O)[C@]1(O)c1ccccc1. The van der Waals surface area contributed by atoms with E-state index in [2.05, 4.69) is 0 Å². The van der Waals surface area contributed by atoms with Crippen LogP contribution >= 0.6 is 0 Å². The number of aliphatic hydroxyl groups is 1. The van der Waals surface area contributed by atoms with E-state index in [9.17, 15) is 14.7 Å². The number of ketones is 1. The number of nitrogens with zero attached hydrogens (tertiary/aromatic N) is 1. The normalized spacial score (nSPS) is 22.3. The highest BCUT2D eigenvalue weighted by atomic mass is 16.3. The highest BCUT2D eigenvalue weighted by molar-refractivity contribution is 6.12. The number of carbonyl (C=O) groups is 2. The first kappa shape index (κ1) is 20.9. The summed E-state index contributed by atoms with van der Waals surface area (Å²) < 4.78 is 0. The summed E-state index contributed by atoms with van der Waals surface area (Å²) in [4.78, 5) is 29.7. The van der Waals surface area contributed by atoms with Gasteiger partial charge < -0.3 is 10.0 Å². The third-order valence-corrected chi connectivity index (χ3v) is 6.32. The Morgan fingerprint density at radius 3 is 1.76 bits per heavy atom. The van der Waals surface area contributed by atoms with Crippen molar-refractivity contribution in [2.24, 2.45) is 5.92 Å². The minimum absolute atomic E-state index is 0.275. The average Bonchev–Trinajstić information content (AvgIpc) is 3.13. The Labute approximate surface area is 192 Å². The number of Topliss-reactive ketones (excluding diaryl/α,β-unsaturated/α-hetero) is 1. The zero-order chi connectivity index (χ0) is 22.8. The third-order valence-electron chi connectivity index (χ3n) is 6.32. The number of hydrogen-bond donors (Lipinski definition) is 1. The highest BCUT2D eigenvalue weighted by Crippen LogP contribution is 2.52. The highest BCUT2D eigenvalue weighted by Gasteiger charge is 2.63. The Hall–Kier alpha value is -4.02. The summed E-state index contributed by atoms with van der Waals surface area (Å²) in [5.41, 5.74) is 0.263. The fourth-order valence-electron chi connectivity index (χ4n) is 4.79. The van der Waals surface area contributed by atoms with Gasteiger partial charge in [0.25, 0.3) is 5.91 Å². The number of benzene rings is 4. The van der Waals surface area contributed by atoms with Gasteiger partial charge in [-0.2, -0.15) is 0 Å². The first-order chi connectivity index (χ1) is 16.1. The van der Waals surface area contributed by atoms with E-state index in [4.69, 9.17) is 0 Å². The molecule has 0 bridgehead atoms. The van der Waals surface area contributed by atoms with Gasteiger partial charge in [-0.3, -0.25) is 9.59 Å². The van der Waals surface area contributed by atoms with Crippen LogP contribution in [-0.4, -0.2) is 16.8 Å². The number of anilines is 1. The molecule has 162 valence electrons. The van der Waals surface area contributed by atoms with Crippen molar-refractivity contribution in [3.05, 3.63) is 138 Å². The lowest BCUT2D eigenvalue weighted by molar-refractivity contribution is -0.136. The van der Waals surface area contributed by atoms with Gasteiger partial charge in [0.2, 0.25) is 0 Å². The zero-order valence-corrected chi connectivity index (χ0v) is 17.9. The first-order valence-corrected chi connectivity index (χ1v) is 10.9. The summed E-state index contributed by atoms with van der Waals surface area (Å²) in [6, 6.07) is 35.6. The van der Waals surface area contributed by atoms with Gasteiger partial charge in [-0.25, -0.2) is 0 Å². The lowest BCUT2D eigenvalue weighted by atomic mass is 9.74. The Morgan fingerprint density at radius 2 is 1.18 bits per heavy atom. The Morgan fingerprint density at radius 1 is 0.697 bits per heavy atom. The second-order valence-corrected chi connectivity index (χ2v) is 8.21. The van der Waals surface area contributed by atoms with Gasteiger partial charge in [0, 0.05) is 11.3 Å². The van der Waals surface area contributed by atoms with Crippen LogP contribution in [0.15, 0.2) is 121 Å². The molecule has 4 aromatic rings. The van der Waals surface area contributed by atoms with E-state index in [1.807, 2.05) is 72.8 Å². The number of hydrogen-bond acceptors (Lipinski definition) is 3. The summed E-state index contributed by atoms with van der Waals surface area (Å²) in [5, 5.41) is 12.2. The van der Waals surface area contributed by atoms with Crippen LogP contribution in [0.1, 0.15) is 27.5 Å². The molecule has 1 amide bonds. The van der Waals surface area contributed by atoms with Crippen LogP contribution in [0.2, 0.25) is 0 Å². The van der Waals surface area contributed by atoms with E-state index in [0.29, 0.717) is 16.8 Å². The van der Waals surface area contributed by atoms with Gasteiger partial charge in [-0.15, -0.1) is 0 Å². The van der Waals surface area contributed by atoms with E-state index in [0.717, 1.165) is 5.56 Å². The van der Waals surface area contributed by atoms with E-state index in [1.165, 1.54) is 0 Å². The molecule has 0 spiro atoms. The standard InChI is InChI=1S/C29H23NO3/c31-27(22-15-7-2-8-16-22)25-26(21-13-5-1-6-14-21)30(24-19-11-4-12-20-24)28(32)29(25,33)23-17-9-3-10-18-23/h1-20,25-26,33H/t25-,26-,29+/m1/s1. The molecular weight excluding hydrogens is 410 g/mol. The van der Waals surface area contributed by atoms with E-state index in [-0.39, 0.29) is 5.78 Å². The van der Waals surface area contributed by atoms with Crippen LogP contribution in [0.3, 0.4) is 0 Å². The summed E-state index contributed by atoms with van der Waals surface area (Å²) in [6.07, 6.45) is 0. The summed E-state index contributed by atoms with van der Waals surface area (Å²) >= 11 is 0. The molecule has 1 N–H and O–H groups in total. The van der Waals surface area contributed by atoms with Crippen LogP contribution in [0.5, 0.6) is 0 Å². The van der Waals surface area contributed by atoms with Crippen LogP contribution in [0, 0.1) is 5.92 Å². The molecule has 0 aromatic heterocycles. The van der Waals surface area contributed by atoms with Crippen molar-refractivity contribution < 1.29 is 14.7 Å². The van der Waals surface area contributed by atoms with Gasteiger partial charge in [0.15, 0.2) is 11.4 Å². The molecule has 1 aliphatic heterocycles. The number of amides is 1. The largest absolute Gasteiger partial charge is 0.375 e. The van der Waals surface area contributed by atoms with Crippen molar-refractivity contribution in [2.45, 2.75) is 11.6 Å². The number of carbonyl (C=O) groups excluding carboxylic acids is 2. The predicted molar refractivity (Wildman–Crippen MR) is 128 cm³/mol. The van der Waals surface area contributed by atoms with Gasteiger partial charge in [0.1, 0.15) is 0 Å². The molecule has 1 aliphatic rings. The van der Waals surface area contributed by atoms with E-state index < -0.39 is 23.5 Å². The minimum atomic E-state index is -2.02. The molecule has 4 aromatic carbocycles. The average molecular weight is 434 g/mol. The molecule has 0 radical (unpaired) electrons. The summed E-state index contributed by atoms with van der Waals surface area (Å²) in [7, 11) is 0. The van der Waals surface area contributed by atoms with E-state index >= 15 is 0 Å². The lowest BCUT2D eigenvalue weighted by Crippen LogP contribution is -2.43. The monoisotopic (exact) mass is 433 g/mol. The zero-order valence-electron chi connectivity index (χ0n) is 17.9. The van der Waals surface area contributed by atoms with Gasteiger partial charge in [-0.05, 0) is 23.3 Å². The molecule has 1 fully saturated rings. The second-order valence-electron chi connectivity index (χ2n) is 8.21. The van der Waals surface area contributed by atoms with Gasteiger partial charge in [0.05, 0.1) is 12.0 Å². The minimum Gasteiger partial charge on any atom is -0.375 e. The van der Waals surface area contributed by atoms with Gasteiger partial charge in [-0.1, -0.05) is 109 Å². The number of rotatable bonds is 5.